The third kappa shape index (κ3) is 22.9. The second-order valence-electron chi connectivity index (χ2n) is 4.71. The van der Waals surface area contributed by atoms with Gasteiger partial charge in [0.1, 0.15) is 0 Å². The first-order valence-corrected chi connectivity index (χ1v) is 14.4. The van der Waals surface area contributed by atoms with Crippen LogP contribution >= 0.6 is 38.9 Å². The van der Waals surface area contributed by atoms with Gasteiger partial charge >= 0.3 is 5.20 Å². The molecule has 0 bridgehead atoms. The first-order valence-electron chi connectivity index (χ1n) is 6.75. The summed E-state index contributed by atoms with van der Waals surface area (Å²) < 4.78 is 62.6. The van der Waals surface area contributed by atoms with Crippen LogP contribution in [-0.4, -0.2) is 50.8 Å². The van der Waals surface area contributed by atoms with E-state index in [-0.39, 0.29) is 5.75 Å². The van der Waals surface area contributed by atoms with Crippen LogP contribution in [0, 0.1) is 0 Å². The Bertz CT molecular complexity index is 555. The Morgan fingerprint density at radius 2 is 1.65 bits per heavy atom. The molecule has 0 aromatic heterocycles. The first kappa shape index (κ1) is 26.2. The molecule has 0 aromatic carbocycles. The van der Waals surface area contributed by atoms with Crippen LogP contribution in [0.15, 0.2) is 0 Å². The number of hydrogen-bond donors (Lipinski definition) is 0. The van der Waals surface area contributed by atoms with E-state index in [1.54, 1.807) is 7.05 Å². The molecule has 0 spiro atoms. The molecule has 0 saturated carbocycles. The Balaban J connectivity index is 0. The summed E-state index contributed by atoms with van der Waals surface area (Å²) in [4.78, 5) is 0. The Morgan fingerprint density at radius 1 is 1.17 bits per heavy atom. The highest BCUT2D eigenvalue weighted by Gasteiger charge is 2.20. The number of unbranched alkanes of at least 4 members (excludes halogenated alkanes) is 2. The Morgan fingerprint density at radius 3 is 1.91 bits per heavy atom. The van der Waals surface area contributed by atoms with Gasteiger partial charge in [-0.2, -0.15) is 0 Å². The summed E-state index contributed by atoms with van der Waals surface area (Å²) >= 11 is 13.8. The number of halogens is 3. The average molecular weight is 454 g/mol. The number of rotatable bonds is 4. The van der Waals surface area contributed by atoms with Crippen LogP contribution in [0.4, 0.5) is 0 Å². The molecule has 0 N–H and O–H groups in total. The minimum atomic E-state index is -3.95. The molecule has 1 fully saturated rings. The highest BCUT2D eigenvalue weighted by molar-refractivity contribution is 8.24. The third-order valence-corrected chi connectivity index (χ3v) is 5.32. The smallest absolute Gasteiger partial charge is 0.339 e. The predicted molar refractivity (Wildman–Crippen MR) is 94.9 cm³/mol. The molecule has 1 saturated heterocycles. The molecule has 142 valence electrons. The Kier molecular flexibility index (Phi) is 14.0. The standard InChI is InChI=1S/C5H11NO2S.C5H12O3S.Cl3OP/c1-6-4-2-3-5-9(6,7)8;1-2-3-4-5-9(6,7)8;1-5(2,3)4/h2-5H2,1H3;2-5H2,1H3,(H,6,7,8);/p-1. The molecule has 0 atom stereocenters. The van der Waals surface area contributed by atoms with Gasteiger partial charge in [0, 0.05) is 19.3 Å². The lowest BCUT2D eigenvalue weighted by Gasteiger charge is -2.21. The van der Waals surface area contributed by atoms with Crippen LogP contribution in [0.2, 0.25) is 0 Å². The van der Waals surface area contributed by atoms with Crippen LogP contribution in [0.3, 0.4) is 0 Å². The topological polar surface area (TPSA) is 112 Å². The van der Waals surface area contributed by atoms with E-state index in [0.717, 1.165) is 25.7 Å². The van der Waals surface area contributed by atoms with E-state index in [4.69, 9.17) is 0 Å². The summed E-state index contributed by atoms with van der Waals surface area (Å²) in [5.74, 6) is 0.129. The lowest BCUT2D eigenvalue weighted by atomic mass is 10.3. The largest absolute Gasteiger partial charge is 0.748 e. The van der Waals surface area contributed by atoms with Crippen molar-refractivity contribution in [3.63, 3.8) is 0 Å². The summed E-state index contributed by atoms with van der Waals surface area (Å²) in [6.45, 7) is 2.65. The van der Waals surface area contributed by atoms with E-state index in [1.807, 2.05) is 6.92 Å². The van der Waals surface area contributed by atoms with E-state index >= 15 is 0 Å². The lowest BCUT2D eigenvalue weighted by molar-refractivity contribution is 0.435. The Labute approximate surface area is 153 Å². The van der Waals surface area contributed by atoms with Crippen molar-refractivity contribution in [1.29, 1.82) is 0 Å². The van der Waals surface area contributed by atoms with Gasteiger partial charge in [-0.05, 0) is 53.0 Å². The molecule has 13 heteroatoms. The molecule has 0 aliphatic carbocycles. The molecule has 0 amide bonds. The number of nitrogens with zero attached hydrogens (tertiary/aromatic N) is 1. The number of hydrogen-bond acceptors (Lipinski definition) is 6. The van der Waals surface area contributed by atoms with Crippen molar-refractivity contribution in [2.45, 2.75) is 39.0 Å². The van der Waals surface area contributed by atoms with Gasteiger partial charge in [0.15, 0.2) is 0 Å². The van der Waals surface area contributed by atoms with Crippen molar-refractivity contribution in [3.05, 3.63) is 0 Å². The van der Waals surface area contributed by atoms with Crippen LogP contribution in [-0.2, 0) is 24.7 Å². The van der Waals surface area contributed by atoms with E-state index in [0.29, 0.717) is 18.7 Å². The number of sulfonamides is 1. The third-order valence-electron chi connectivity index (χ3n) is 2.60. The molecule has 1 aliphatic heterocycles. The highest BCUT2D eigenvalue weighted by atomic mass is 36.0. The van der Waals surface area contributed by atoms with Crippen molar-refractivity contribution in [2.24, 2.45) is 0 Å². The van der Waals surface area contributed by atoms with E-state index in [9.17, 15) is 26.0 Å². The van der Waals surface area contributed by atoms with Crippen LogP contribution < -0.4 is 0 Å². The van der Waals surface area contributed by atoms with E-state index < -0.39 is 25.3 Å². The summed E-state index contributed by atoms with van der Waals surface area (Å²) in [5.41, 5.74) is 0. The maximum Gasteiger partial charge on any atom is 0.339 e. The molecular formula is C10H22Cl3NO6PS2-. The summed E-state index contributed by atoms with van der Waals surface area (Å²) in [6, 6.07) is 0. The fraction of sp³-hybridized carbons (Fsp3) is 1.00. The van der Waals surface area contributed by atoms with Gasteiger partial charge in [0.2, 0.25) is 10.0 Å². The minimum Gasteiger partial charge on any atom is -0.748 e. The quantitative estimate of drug-likeness (QED) is 0.365. The van der Waals surface area contributed by atoms with Crippen LogP contribution in [0.1, 0.15) is 39.0 Å². The molecular weight excluding hydrogens is 432 g/mol. The monoisotopic (exact) mass is 452 g/mol. The molecule has 23 heavy (non-hydrogen) atoms. The average Bonchev–Trinajstić information content (AvgIpc) is 2.30. The van der Waals surface area contributed by atoms with Crippen LogP contribution in [0.25, 0.3) is 0 Å². The van der Waals surface area contributed by atoms with Gasteiger partial charge in [-0.3, -0.25) is 4.57 Å². The van der Waals surface area contributed by atoms with Gasteiger partial charge < -0.3 is 4.55 Å². The summed E-state index contributed by atoms with van der Waals surface area (Å²) in [5, 5.41) is -3.22. The van der Waals surface area contributed by atoms with Crippen molar-refractivity contribution in [3.8, 4) is 0 Å². The van der Waals surface area contributed by atoms with Crippen LogP contribution in [0.5, 0.6) is 0 Å². The fourth-order valence-electron chi connectivity index (χ4n) is 1.44. The second-order valence-corrected chi connectivity index (χ2v) is 15.1. The minimum absolute atomic E-state index is 0.208. The lowest BCUT2D eigenvalue weighted by Crippen LogP contribution is -2.34. The molecule has 7 nitrogen and oxygen atoms in total. The molecule has 1 heterocycles. The zero-order chi connectivity index (χ0) is 18.7. The zero-order valence-corrected chi connectivity index (χ0v) is 17.7. The highest BCUT2D eigenvalue weighted by Crippen LogP contribution is 2.61. The predicted octanol–water partition coefficient (Wildman–Crippen LogP) is 3.57. The zero-order valence-electron chi connectivity index (χ0n) is 13.0. The van der Waals surface area contributed by atoms with E-state index in [2.05, 4.69) is 33.7 Å². The molecule has 0 unspecified atom stereocenters. The van der Waals surface area contributed by atoms with Crippen molar-refractivity contribution in [2.75, 3.05) is 25.1 Å². The Hall–Kier alpha value is 0.920. The maximum absolute atomic E-state index is 10.9. The fourth-order valence-corrected chi connectivity index (χ4v) is 3.29. The SMILES string of the molecule is CCCCCS(=O)(=O)[O-].CN1CCCCS1(=O)=O.O=P(Cl)(Cl)Cl. The van der Waals surface area contributed by atoms with Gasteiger partial charge in [-0.1, -0.05) is 19.8 Å². The second kappa shape index (κ2) is 12.3. The van der Waals surface area contributed by atoms with Gasteiger partial charge in [-0.25, -0.2) is 21.1 Å². The first-order chi connectivity index (χ1) is 10.2. The van der Waals surface area contributed by atoms with Crippen molar-refractivity contribution >= 4 is 59.1 Å². The molecule has 1 aliphatic rings. The summed E-state index contributed by atoms with van der Waals surface area (Å²) in [6.07, 6.45) is 4.10. The van der Waals surface area contributed by atoms with Crippen molar-refractivity contribution in [1.82, 2.24) is 4.31 Å². The van der Waals surface area contributed by atoms with Gasteiger partial charge in [0.05, 0.1) is 15.9 Å². The van der Waals surface area contributed by atoms with Gasteiger partial charge in [0.25, 0.3) is 0 Å². The normalized spacial score (nSPS) is 18.2. The maximum atomic E-state index is 10.9. The summed E-state index contributed by atoms with van der Waals surface area (Å²) in [7, 11) is -5.14. The molecule has 1 rings (SSSR count). The molecule has 0 aromatic rings. The van der Waals surface area contributed by atoms with Gasteiger partial charge in [-0.15, -0.1) is 0 Å². The molecule has 0 radical (unpaired) electrons. The van der Waals surface area contributed by atoms with Crippen molar-refractivity contribution < 1.29 is 26.0 Å². The van der Waals surface area contributed by atoms with E-state index in [1.165, 1.54) is 4.31 Å².